The number of esters is 1. The van der Waals surface area contributed by atoms with E-state index in [9.17, 15) is 19.7 Å². The molecule has 0 saturated carbocycles. The quantitative estimate of drug-likeness (QED) is 0.331. The minimum atomic E-state index is -0.724. The second kappa shape index (κ2) is 9.71. The molecule has 0 aliphatic rings. The SMILES string of the molecule is COc1cccc(CNC(=O)COC(=O)C=Cc2cccc([N+](=O)[O-])c2)c1. The summed E-state index contributed by atoms with van der Waals surface area (Å²) in [7, 11) is 1.55. The monoisotopic (exact) mass is 370 g/mol. The fourth-order valence-corrected chi connectivity index (χ4v) is 2.13. The summed E-state index contributed by atoms with van der Waals surface area (Å²) in [6.45, 7) is -0.154. The zero-order valence-electron chi connectivity index (χ0n) is 14.6. The minimum Gasteiger partial charge on any atom is -0.497 e. The Hall–Kier alpha value is -3.68. The van der Waals surface area contributed by atoms with Crippen molar-refractivity contribution < 1.29 is 24.0 Å². The number of carbonyl (C=O) groups excluding carboxylic acids is 2. The molecular formula is C19H18N2O6. The first-order chi connectivity index (χ1) is 13.0. The summed E-state index contributed by atoms with van der Waals surface area (Å²) in [5.74, 6) is -0.493. The Morgan fingerprint density at radius 1 is 1.19 bits per heavy atom. The maximum absolute atomic E-state index is 11.8. The summed E-state index contributed by atoms with van der Waals surface area (Å²) < 4.78 is 9.94. The number of carbonyl (C=O) groups is 2. The fraction of sp³-hybridized carbons (Fsp3) is 0.158. The molecule has 1 N–H and O–H groups in total. The molecule has 0 aliphatic heterocycles. The molecule has 140 valence electrons. The molecule has 0 fully saturated rings. The van der Waals surface area contributed by atoms with Gasteiger partial charge in [0.15, 0.2) is 6.61 Å². The van der Waals surface area contributed by atoms with Crippen LogP contribution in [-0.2, 0) is 20.9 Å². The van der Waals surface area contributed by atoms with Crippen molar-refractivity contribution in [1.82, 2.24) is 5.32 Å². The highest BCUT2D eigenvalue weighted by atomic mass is 16.6. The van der Waals surface area contributed by atoms with Gasteiger partial charge in [0.2, 0.25) is 0 Å². The first-order valence-electron chi connectivity index (χ1n) is 7.97. The minimum absolute atomic E-state index is 0.0811. The Labute approximate surface area is 155 Å². The number of rotatable bonds is 8. The van der Waals surface area contributed by atoms with Gasteiger partial charge in [0.05, 0.1) is 12.0 Å². The van der Waals surface area contributed by atoms with Crippen molar-refractivity contribution in [2.45, 2.75) is 6.54 Å². The van der Waals surface area contributed by atoms with Gasteiger partial charge in [-0.2, -0.15) is 0 Å². The first kappa shape index (κ1) is 19.6. The predicted molar refractivity (Wildman–Crippen MR) is 97.9 cm³/mol. The standard InChI is InChI=1S/C19H18N2O6/c1-26-17-7-3-5-15(11-17)12-20-18(22)13-27-19(23)9-8-14-4-2-6-16(10-14)21(24)25/h2-11H,12-13H2,1H3,(H,20,22). The maximum Gasteiger partial charge on any atom is 0.331 e. The van der Waals surface area contributed by atoms with Crippen LogP contribution in [0.15, 0.2) is 54.6 Å². The second-order valence-electron chi connectivity index (χ2n) is 5.42. The van der Waals surface area contributed by atoms with Crippen LogP contribution in [0.25, 0.3) is 6.08 Å². The van der Waals surface area contributed by atoms with Crippen molar-refractivity contribution in [3.63, 3.8) is 0 Å². The summed E-state index contributed by atoms with van der Waals surface area (Å²) in [5.41, 5.74) is 1.24. The molecule has 2 rings (SSSR count). The van der Waals surface area contributed by atoms with Crippen LogP contribution < -0.4 is 10.1 Å². The number of hydrogen-bond acceptors (Lipinski definition) is 6. The van der Waals surface area contributed by atoms with Gasteiger partial charge in [-0.15, -0.1) is 0 Å². The van der Waals surface area contributed by atoms with Crippen molar-refractivity contribution in [3.05, 3.63) is 75.8 Å². The number of non-ortho nitro benzene ring substituents is 1. The predicted octanol–water partition coefficient (Wildman–Crippen LogP) is 2.48. The van der Waals surface area contributed by atoms with Gasteiger partial charge in [-0.25, -0.2) is 4.79 Å². The van der Waals surface area contributed by atoms with Crippen molar-refractivity contribution >= 4 is 23.6 Å². The Bertz CT molecular complexity index is 863. The number of nitrogens with one attached hydrogen (secondary N) is 1. The number of ether oxygens (including phenoxy) is 2. The van der Waals surface area contributed by atoms with Crippen LogP contribution >= 0.6 is 0 Å². The highest BCUT2D eigenvalue weighted by Crippen LogP contribution is 2.14. The van der Waals surface area contributed by atoms with E-state index in [2.05, 4.69) is 5.32 Å². The Morgan fingerprint density at radius 2 is 1.96 bits per heavy atom. The molecule has 0 aromatic heterocycles. The summed E-state index contributed by atoms with van der Waals surface area (Å²) in [4.78, 5) is 33.6. The van der Waals surface area contributed by atoms with E-state index in [1.165, 1.54) is 24.3 Å². The molecule has 0 aliphatic carbocycles. The van der Waals surface area contributed by atoms with Crippen LogP contribution in [-0.4, -0.2) is 30.5 Å². The molecule has 0 heterocycles. The van der Waals surface area contributed by atoms with Gasteiger partial charge in [0.1, 0.15) is 5.75 Å². The van der Waals surface area contributed by atoms with Crippen LogP contribution in [0, 0.1) is 10.1 Å². The van der Waals surface area contributed by atoms with E-state index in [0.29, 0.717) is 11.3 Å². The molecule has 8 heteroatoms. The van der Waals surface area contributed by atoms with E-state index in [0.717, 1.165) is 11.6 Å². The Morgan fingerprint density at radius 3 is 2.70 bits per heavy atom. The third-order valence-corrected chi connectivity index (χ3v) is 3.46. The van der Waals surface area contributed by atoms with E-state index in [-0.39, 0.29) is 12.2 Å². The molecule has 0 unspecified atom stereocenters. The van der Waals surface area contributed by atoms with Crippen LogP contribution in [0.4, 0.5) is 5.69 Å². The van der Waals surface area contributed by atoms with E-state index in [1.807, 2.05) is 6.07 Å². The Balaban J connectivity index is 1.78. The lowest BCUT2D eigenvalue weighted by Crippen LogP contribution is -2.28. The van der Waals surface area contributed by atoms with Gasteiger partial charge in [0.25, 0.3) is 11.6 Å². The summed E-state index contributed by atoms with van der Waals surface area (Å²) in [5, 5.41) is 13.3. The molecule has 0 spiro atoms. The van der Waals surface area contributed by atoms with Crippen molar-refractivity contribution in [2.75, 3.05) is 13.7 Å². The number of hydrogen-bond donors (Lipinski definition) is 1. The van der Waals surface area contributed by atoms with Crippen molar-refractivity contribution in [3.8, 4) is 5.75 Å². The number of nitrogens with zero attached hydrogens (tertiary/aromatic N) is 1. The molecule has 27 heavy (non-hydrogen) atoms. The first-order valence-corrected chi connectivity index (χ1v) is 7.97. The topological polar surface area (TPSA) is 108 Å². The van der Waals surface area contributed by atoms with Gasteiger partial charge >= 0.3 is 5.97 Å². The number of benzene rings is 2. The van der Waals surface area contributed by atoms with E-state index in [1.54, 1.807) is 31.4 Å². The van der Waals surface area contributed by atoms with Crippen LogP contribution in [0.3, 0.4) is 0 Å². The third kappa shape index (κ3) is 6.62. The normalized spacial score (nSPS) is 10.4. The lowest BCUT2D eigenvalue weighted by atomic mass is 10.2. The lowest BCUT2D eigenvalue weighted by molar-refractivity contribution is -0.384. The molecular weight excluding hydrogens is 352 g/mol. The highest BCUT2D eigenvalue weighted by molar-refractivity contribution is 5.89. The van der Waals surface area contributed by atoms with Gasteiger partial charge < -0.3 is 14.8 Å². The average molecular weight is 370 g/mol. The van der Waals surface area contributed by atoms with E-state index in [4.69, 9.17) is 9.47 Å². The number of nitro benzene ring substituents is 1. The second-order valence-corrected chi connectivity index (χ2v) is 5.42. The zero-order valence-corrected chi connectivity index (χ0v) is 14.6. The molecule has 0 bridgehead atoms. The van der Waals surface area contributed by atoms with Gasteiger partial charge in [-0.1, -0.05) is 24.3 Å². The Kier molecular flexibility index (Phi) is 7.07. The van der Waals surface area contributed by atoms with Crippen molar-refractivity contribution in [2.24, 2.45) is 0 Å². The molecule has 0 atom stereocenters. The number of methoxy groups -OCH3 is 1. The molecule has 0 radical (unpaired) electrons. The molecule has 0 saturated heterocycles. The molecule has 2 aromatic carbocycles. The van der Waals surface area contributed by atoms with Crippen LogP contribution in [0.2, 0.25) is 0 Å². The maximum atomic E-state index is 11.8. The fourth-order valence-electron chi connectivity index (χ4n) is 2.13. The van der Waals surface area contributed by atoms with E-state index < -0.39 is 23.4 Å². The van der Waals surface area contributed by atoms with Gasteiger partial charge in [0, 0.05) is 24.8 Å². The summed E-state index contributed by atoms with van der Waals surface area (Å²) >= 11 is 0. The summed E-state index contributed by atoms with van der Waals surface area (Å²) in [6.07, 6.45) is 2.48. The molecule has 8 nitrogen and oxygen atoms in total. The third-order valence-electron chi connectivity index (χ3n) is 3.46. The van der Waals surface area contributed by atoms with E-state index >= 15 is 0 Å². The molecule has 1 amide bonds. The molecule has 2 aromatic rings. The zero-order chi connectivity index (χ0) is 19.6. The van der Waals surface area contributed by atoms with Crippen LogP contribution in [0.1, 0.15) is 11.1 Å². The smallest absolute Gasteiger partial charge is 0.331 e. The van der Waals surface area contributed by atoms with Gasteiger partial charge in [-0.3, -0.25) is 14.9 Å². The number of nitro groups is 1. The van der Waals surface area contributed by atoms with Gasteiger partial charge in [-0.05, 0) is 29.3 Å². The largest absolute Gasteiger partial charge is 0.497 e. The van der Waals surface area contributed by atoms with Crippen LogP contribution in [0.5, 0.6) is 5.75 Å². The number of amides is 1. The van der Waals surface area contributed by atoms with Crippen molar-refractivity contribution in [1.29, 1.82) is 0 Å². The summed E-state index contributed by atoms with van der Waals surface area (Å²) in [6, 6.07) is 13.0. The average Bonchev–Trinajstić information content (AvgIpc) is 2.69. The lowest BCUT2D eigenvalue weighted by Gasteiger charge is -2.07. The highest BCUT2D eigenvalue weighted by Gasteiger charge is 2.07.